The lowest BCUT2D eigenvalue weighted by Gasteiger charge is -1.94. The van der Waals surface area contributed by atoms with E-state index in [-0.39, 0.29) is 0 Å². The summed E-state index contributed by atoms with van der Waals surface area (Å²) in [6.07, 6.45) is 6.47. The van der Waals surface area contributed by atoms with Crippen LogP contribution in [-0.4, -0.2) is 14.7 Å². The molecule has 3 nitrogen and oxygen atoms in total. The maximum atomic E-state index is 9.10. The molecule has 1 aliphatic rings. The van der Waals surface area contributed by atoms with Crippen LogP contribution < -0.4 is 0 Å². The second-order valence-electron chi connectivity index (χ2n) is 1.98. The van der Waals surface area contributed by atoms with E-state index in [0.29, 0.717) is 5.82 Å². The minimum Gasteiger partial charge on any atom is -0.381 e. The van der Waals surface area contributed by atoms with Gasteiger partial charge in [0.15, 0.2) is 0 Å². The molecule has 0 saturated heterocycles. The summed E-state index contributed by atoms with van der Waals surface area (Å²) in [6, 6.07) is 0. The van der Waals surface area contributed by atoms with Crippen LogP contribution in [0.15, 0.2) is 18.5 Å². The Morgan fingerprint density at radius 2 is 2.56 bits per heavy atom. The Morgan fingerprint density at radius 1 is 1.67 bits per heavy atom. The first kappa shape index (κ1) is 4.76. The van der Waals surface area contributed by atoms with Gasteiger partial charge in [-0.2, -0.15) is 0 Å². The molecule has 46 valence electrons. The smallest absolute Gasteiger partial charge is 0.145 e. The number of rotatable bonds is 0. The Morgan fingerprint density at radius 3 is 3.33 bits per heavy atom. The molecule has 1 unspecified atom stereocenters. The van der Waals surface area contributed by atoms with Gasteiger partial charge in [-0.25, -0.2) is 4.98 Å². The minimum absolute atomic E-state index is 0.500. The number of hydrogen-bond acceptors (Lipinski definition) is 2. The maximum absolute atomic E-state index is 9.10. The summed E-state index contributed by atoms with van der Waals surface area (Å²) >= 11 is 0. The molecule has 1 atom stereocenters. The Hall–Kier alpha value is -1.09. The van der Waals surface area contributed by atoms with Gasteiger partial charge in [-0.15, -0.1) is 0 Å². The molecule has 1 aliphatic heterocycles. The van der Waals surface area contributed by atoms with Crippen molar-refractivity contribution in [3.63, 3.8) is 0 Å². The highest BCUT2D eigenvalue weighted by molar-refractivity contribution is 5.35. The second-order valence-corrected chi connectivity index (χ2v) is 1.98. The number of aromatic nitrogens is 2. The lowest BCUT2D eigenvalue weighted by Crippen LogP contribution is -1.93. The van der Waals surface area contributed by atoms with Crippen LogP contribution in [0.4, 0.5) is 0 Å². The lowest BCUT2D eigenvalue weighted by molar-refractivity contribution is 0.223. The molecule has 0 fully saturated rings. The molecular formula is C6H6N2O. The van der Waals surface area contributed by atoms with Crippen LogP contribution in [0.5, 0.6) is 0 Å². The Bertz CT molecular complexity index is 251. The van der Waals surface area contributed by atoms with Gasteiger partial charge >= 0.3 is 0 Å². The number of aliphatic hydroxyl groups excluding tert-OH is 1. The molecule has 0 amide bonds. The van der Waals surface area contributed by atoms with Gasteiger partial charge in [0.1, 0.15) is 11.9 Å². The molecule has 0 saturated carbocycles. The van der Waals surface area contributed by atoms with Gasteiger partial charge in [-0.1, -0.05) is 0 Å². The van der Waals surface area contributed by atoms with Gasteiger partial charge in [-0.3, -0.25) is 0 Å². The predicted molar refractivity (Wildman–Crippen MR) is 32.5 cm³/mol. The van der Waals surface area contributed by atoms with Crippen molar-refractivity contribution in [3.8, 4) is 0 Å². The summed E-state index contributed by atoms with van der Waals surface area (Å²) in [5.74, 6) is 0.704. The van der Waals surface area contributed by atoms with Crippen molar-refractivity contribution in [1.82, 2.24) is 9.55 Å². The molecule has 0 spiro atoms. The fraction of sp³-hybridized carbons (Fsp3) is 0.167. The maximum Gasteiger partial charge on any atom is 0.145 e. The van der Waals surface area contributed by atoms with E-state index in [4.69, 9.17) is 5.11 Å². The summed E-state index contributed by atoms with van der Waals surface area (Å²) in [7, 11) is 0. The second kappa shape index (κ2) is 1.45. The molecule has 3 heteroatoms. The average Bonchev–Trinajstić information content (AvgIpc) is 2.35. The van der Waals surface area contributed by atoms with Crippen LogP contribution >= 0.6 is 0 Å². The summed E-state index contributed by atoms with van der Waals surface area (Å²) in [5, 5.41) is 9.10. The first-order valence-electron chi connectivity index (χ1n) is 2.77. The van der Waals surface area contributed by atoms with E-state index in [0.717, 1.165) is 0 Å². The zero-order chi connectivity index (χ0) is 6.27. The Balaban J connectivity index is 2.60. The van der Waals surface area contributed by atoms with E-state index in [1.807, 2.05) is 6.20 Å². The quantitative estimate of drug-likeness (QED) is 0.541. The lowest BCUT2D eigenvalue weighted by atomic mass is 10.4. The molecule has 1 aromatic rings. The zero-order valence-corrected chi connectivity index (χ0v) is 4.73. The minimum atomic E-state index is -0.500. The fourth-order valence-electron chi connectivity index (χ4n) is 0.940. The molecule has 0 bridgehead atoms. The summed E-state index contributed by atoms with van der Waals surface area (Å²) in [4.78, 5) is 3.93. The molecule has 2 rings (SSSR count). The zero-order valence-electron chi connectivity index (χ0n) is 4.73. The van der Waals surface area contributed by atoms with Crippen LogP contribution in [0, 0.1) is 0 Å². The van der Waals surface area contributed by atoms with E-state index in [9.17, 15) is 0 Å². The highest BCUT2D eigenvalue weighted by Gasteiger charge is 2.13. The molecule has 2 heterocycles. The number of fused-ring (bicyclic) bond motifs is 1. The van der Waals surface area contributed by atoms with E-state index in [2.05, 4.69) is 4.98 Å². The van der Waals surface area contributed by atoms with E-state index in [1.165, 1.54) is 0 Å². The van der Waals surface area contributed by atoms with E-state index >= 15 is 0 Å². The van der Waals surface area contributed by atoms with Crippen LogP contribution in [0.25, 0.3) is 6.20 Å². The van der Waals surface area contributed by atoms with Crippen LogP contribution in [0.2, 0.25) is 0 Å². The monoisotopic (exact) mass is 122 g/mol. The van der Waals surface area contributed by atoms with Gasteiger partial charge in [-0.05, 0) is 6.08 Å². The summed E-state index contributed by atoms with van der Waals surface area (Å²) in [6.45, 7) is 0. The summed E-state index contributed by atoms with van der Waals surface area (Å²) in [5.41, 5.74) is 0. The van der Waals surface area contributed by atoms with Gasteiger partial charge in [0.05, 0.1) is 0 Å². The van der Waals surface area contributed by atoms with Crippen LogP contribution in [0.1, 0.15) is 11.9 Å². The third kappa shape index (κ3) is 0.519. The topological polar surface area (TPSA) is 38.0 Å². The third-order valence-electron chi connectivity index (χ3n) is 1.39. The number of aliphatic hydroxyl groups is 1. The van der Waals surface area contributed by atoms with Gasteiger partial charge < -0.3 is 9.67 Å². The number of imidazole rings is 1. The molecule has 0 radical (unpaired) electrons. The van der Waals surface area contributed by atoms with Crippen molar-refractivity contribution in [1.29, 1.82) is 0 Å². The average molecular weight is 122 g/mol. The standard InChI is InChI=1S/C6H6N2O/c9-5-1-3-8-4-2-7-6(5)8/h1-5,9H. The fourth-order valence-corrected chi connectivity index (χ4v) is 0.940. The van der Waals surface area contributed by atoms with Crippen molar-refractivity contribution >= 4 is 6.20 Å². The van der Waals surface area contributed by atoms with Crippen LogP contribution in [-0.2, 0) is 0 Å². The summed E-state index contributed by atoms with van der Waals surface area (Å²) < 4.78 is 1.80. The van der Waals surface area contributed by atoms with Crippen molar-refractivity contribution in [2.75, 3.05) is 0 Å². The Kier molecular flexibility index (Phi) is 0.765. The molecule has 1 aromatic heterocycles. The largest absolute Gasteiger partial charge is 0.381 e. The van der Waals surface area contributed by atoms with Gasteiger partial charge in [0.2, 0.25) is 0 Å². The molecule has 1 N–H and O–H groups in total. The SMILES string of the molecule is OC1C=Cn2ccnc21. The molecular weight excluding hydrogens is 116 g/mol. The van der Waals surface area contributed by atoms with E-state index in [1.54, 1.807) is 23.0 Å². The van der Waals surface area contributed by atoms with Gasteiger partial charge in [0.25, 0.3) is 0 Å². The highest BCUT2D eigenvalue weighted by Crippen LogP contribution is 2.18. The van der Waals surface area contributed by atoms with Crippen molar-refractivity contribution in [2.45, 2.75) is 6.10 Å². The highest BCUT2D eigenvalue weighted by atomic mass is 16.3. The van der Waals surface area contributed by atoms with Gasteiger partial charge in [0, 0.05) is 18.6 Å². The third-order valence-corrected chi connectivity index (χ3v) is 1.39. The van der Waals surface area contributed by atoms with Crippen LogP contribution in [0.3, 0.4) is 0 Å². The molecule has 0 aromatic carbocycles. The number of nitrogens with zero attached hydrogens (tertiary/aromatic N) is 2. The predicted octanol–water partition coefficient (Wildman–Crippen LogP) is 0.401. The van der Waals surface area contributed by atoms with E-state index < -0.39 is 6.10 Å². The van der Waals surface area contributed by atoms with Crippen molar-refractivity contribution in [3.05, 3.63) is 24.3 Å². The molecule has 9 heavy (non-hydrogen) atoms. The first-order valence-corrected chi connectivity index (χ1v) is 2.77. The van der Waals surface area contributed by atoms with Crippen molar-refractivity contribution in [2.24, 2.45) is 0 Å². The molecule has 0 aliphatic carbocycles. The normalized spacial score (nSPS) is 22.6. The Labute approximate surface area is 52.3 Å². The van der Waals surface area contributed by atoms with Crippen molar-refractivity contribution < 1.29 is 5.11 Å². The first-order chi connectivity index (χ1) is 4.38. The number of hydrogen-bond donors (Lipinski definition) is 1.